The zero-order chi connectivity index (χ0) is 12.0. The van der Waals surface area contributed by atoms with Gasteiger partial charge in [0.25, 0.3) is 0 Å². The van der Waals surface area contributed by atoms with Gasteiger partial charge in [-0.25, -0.2) is 0 Å². The van der Waals surface area contributed by atoms with Gasteiger partial charge in [-0.1, -0.05) is 6.07 Å². The molecule has 0 saturated heterocycles. The second-order valence-corrected chi connectivity index (χ2v) is 3.79. The number of carbonyl (C=O) groups excluding carboxylic acids is 1. The molecule has 0 spiro atoms. The van der Waals surface area contributed by atoms with Crippen LogP contribution in [0.15, 0.2) is 24.3 Å². The van der Waals surface area contributed by atoms with E-state index < -0.39 is 0 Å². The Morgan fingerprint density at radius 2 is 2.25 bits per heavy atom. The number of nitrogens with one attached hydrogen (secondary N) is 1. The normalized spacial score (nSPS) is 10.1. The fourth-order valence-corrected chi connectivity index (χ4v) is 1.52. The molecule has 4 heteroatoms. The third-order valence-electron chi connectivity index (χ3n) is 2.49. The van der Waals surface area contributed by atoms with E-state index in [1.807, 2.05) is 32.3 Å². The highest BCUT2D eigenvalue weighted by Crippen LogP contribution is 2.14. The van der Waals surface area contributed by atoms with Crippen LogP contribution in [-0.4, -0.2) is 33.1 Å². The third kappa shape index (κ3) is 3.55. The Balaban J connectivity index is 2.64. The average molecular weight is 221 g/mol. The summed E-state index contributed by atoms with van der Waals surface area (Å²) in [4.78, 5) is 13.1. The molecule has 0 bridgehead atoms. The smallest absolute Gasteiger partial charge is 0.248 e. The van der Waals surface area contributed by atoms with Crippen LogP contribution >= 0.6 is 0 Å². The number of primary amides is 1. The van der Waals surface area contributed by atoms with Crippen LogP contribution in [0.25, 0.3) is 0 Å². The van der Waals surface area contributed by atoms with Gasteiger partial charge < -0.3 is 16.0 Å². The number of amides is 1. The van der Waals surface area contributed by atoms with Crippen molar-refractivity contribution < 1.29 is 4.79 Å². The van der Waals surface area contributed by atoms with Gasteiger partial charge in [0.1, 0.15) is 0 Å². The number of nitrogens with two attached hydrogens (primary N) is 1. The van der Waals surface area contributed by atoms with E-state index >= 15 is 0 Å². The number of anilines is 1. The monoisotopic (exact) mass is 221 g/mol. The van der Waals surface area contributed by atoms with E-state index in [1.54, 1.807) is 6.07 Å². The summed E-state index contributed by atoms with van der Waals surface area (Å²) in [7, 11) is 3.95. The molecule has 1 aromatic rings. The van der Waals surface area contributed by atoms with Gasteiger partial charge >= 0.3 is 0 Å². The second-order valence-electron chi connectivity index (χ2n) is 3.79. The first-order valence-electron chi connectivity index (χ1n) is 5.40. The van der Waals surface area contributed by atoms with Gasteiger partial charge in [-0.2, -0.15) is 0 Å². The highest BCUT2D eigenvalue weighted by molar-refractivity contribution is 5.93. The lowest BCUT2D eigenvalue weighted by molar-refractivity contribution is 0.100. The van der Waals surface area contributed by atoms with Gasteiger partial charge in [0.15, 0.2) is 0 Å². The molecule has 0 unspecified atom stereocenters. The largest absolute Gasteiger partial charge is 0.375 e. The average Bonchev–Trinajstić information content (AvgIpc) is 2.29. The standard InChI is InChI=1S/C12H19N3O/c1-14-7-4-8-15(2)11-6-3-5-10(9-11)12(13)16/h3,5-6,9,14H,4,7-8H2,1-2H3,(H2,13,16). The van der Waals surface area contributed by atoms with E-state index in [1.165, 1.54) is 0 Å². The van der Waals surface area contributed by atoms with Crippen molar-refractivity contribution in [2.24, 2.45) is 5.73 Å². The Morgan fingerprint density at radius 3 is 2.88 bits per heavy atom. The zero-order valence-electron chi connectivity index (χ0n) is 9.86. The van der Waals surface area contributed by atoms with Crippen molar-refractivity contribution in [2.45, 2.75) is 6.42 Å². The maximum atomic E-state index is 11.0. The Hall–Kier alpha value is -1.55. The molecule has 0 fully saturated rings. The number of hydrogen-bond acceptors (Lipinski definition) is 3. The number of nitrogens with zero attached hydrogens (tertiary/aromatic N) is 1. The van der Waals surface area contributed by atoms with Crippen molar-refractivity contribution in [3.05, 3.63) is 29.8 Å². The summed E-state index contributed by atoms with van der Waals surface area (Å²) in [5.41, 5.74) is 6.81. The van der Waals surface area contributed by atoms with Crippen molar-refractivity contribution >= 4 is 11.6 Å². The van der Waals surface area contributed by atoms with Crippen LogP contribution in [0.3, 0.4) is 0 Å². The third-order valence-corrected chi connectivity index (χ3v) is 2.49. The first-order chi connectivity index (χ1) is 7.65. The SMILES string of the molecule is CNCCCN(C)c1cccc(C(N)=O)c1. The van der Waals surface area contributed by atoms with Gasteiger partial charge in [0, 0.05) is 24.8 Å². The summed E-state index contributed by atoms with van der Waals surface area (Å²) in [6, 6.07) is 7.38. The molecular formula is C12H19N3O. The van der Waals surface area contributed by atoms with Gasteiger partial charge in [-0.15, -0.1) is 0 Å². The Morgan fingerprint density at radius 1 is 1.50 bits per heavy atom. The lowest BCUT2D eigenvalue weighted by Gasteiger charge is -2.19. The molecular weight excluding hydrogens is 202 g/mol. The maximum absolute atomic E-state index is 11.0. The van der Waals surface area contributed by atoms with Crippen LogP contribution in [0.4, 0.5) is 5.69 Å². The summed E-state index contributed by atoms with van der Waals surface area (Å²) in [5.74, 6) is -0.384. The molecule has 1 amide bonds. The van der Waals surface area contributed by atoms with Gasteiger partial charge in [-0.3, -0.25) is 4.79 Å². The first kappa shape index (κ1) is 12.5. The fraction of sp³-hybridized carbons (Fsp3) is 0.417. The Labute approximate surface area is 96.4 Å². The lowest BCUT2D eigenvalue weighted by atomic mass is 10.2. The molecule has 1 aromatic carbocycles. The molecule has 0 saturated carbocycles. The number of carbonyl (C=O) groups is 1. The zero-order valence-corrected chi connectivity index (χ0v) is 9.86. The topological polar surface area (TPSA) is 58.4 Å². The second kappa shape index (κ2) is 6.12. The van der Waals surface area contributed by atoms with Crippen molar-refractivity contribution in [3.63, 3.8) is 0 Å². The summed E-state index contributed by atoms with van der Waals surface area (Å²) in [5, 5.41) is 3.10. The van der Waals surface area contributed by atoms with E-state index in [4.69, 9.17) is 5.73 Å². The van der Waals surface area contributed by atoms with E-state index in [0.29, 0.717) is 5.56 Å². The molecule has 0 atom stereocenters. The summed E-state index contributed by atoms with van der Waals surface area (Å²) in [6.07, 6.45) is 1.06. The summed E-state index contributed by atoms with van der Waals surface area (Å²) < 4.78 is 0. The van der Waals surface area contributed by atoms with Gasteiger partial charge in [0.2, 0.25) is 5.91 Å². The van der Waals surface area contributed by atoms with Crippen molar-refractivity contribution in [1.29, 1.82) is 0 Å². The van der Waals surface area contributed by atoms with Crippen LogP contribution in [-0.2, 0) is 0 Å². The summed E-state index contributed by atoms with van der Waals surface area (Å²) in [6.45, 7) is 1.93. The van der Waals surface area contributed by atoms with Crippen molar-refractivity contribution in [2.75, 3.05) is 32.1 Å². The molecule has 0 aliphatic rings. The molecule has 0 aromatic heterocycles. The highest BCUT2D eigenvalue weighted by atomic mass is 16.1. The minimum Gasteiger partial charge on any atom is -0.375 e. The predicted molar refractivity (Wildman–Crippen MR) is 66.8 cm³/mol. The molecule has 0 aliphatic heterocycles. The van der Waals surface area contributed by atoms with E-state index in [2.05, 4.69) is 10.2 Å². The molecule has 3 N–H and O–H groups in total. The molecule has 1 rings (SSSR count). The Kier molecular flexibility index (Phi) is 4.79. The van der Waals surface area contributed by atoms with Crippen LogP contribution in [0.1, 0.15) is 16.8 Å². The molecule has 16 heavy (non-hydrogen) atoms. The van der Waals surface area contributed by atoms with Crippen LogP contribution in [0.5, 0.6) is 0 Å². The van der Waals surface area contributed by atoms with E-state index in [9.17, 15) is 4.79 Å². The highest BCUT2D eigenvalue weighted by Gasteiger charge is 2.04. The predicted octanol–water partition coefficient (Wildman–Crippen LogP) is 0.831. The molecule has 4 nitrogen and oxygen atoms in total. The van der Waals surface area contributed by atoms with E-state index in [-0.39, 0.29) is 5.91 Å². The molecule has 0 radical (unpaired) electrons. The number of rotatable bonds is 6. The maximum Gasteiger partial charge on any atom is 0.248 e. The van der Waals surface area contributed by atoms with Crippen LogP contribution < -0.4 is 16.0 Å². The lowest BCUT2D eigenvalue weighted by Crippen LogP contribution is -2.22. The van der Waals surface area contributed by atoms with Crippen LogP contribution in [0, 0.1) is 0 Å². The Bertz CT molecular complexity index is 352. The first-order valence-corrected chi connectivity index (χ1v) is 5.40. The minimum atomic E-state index is -0.384. The fourth-order valence-electron chi connectivity index (χ4n) is 1.52. The van der Waals surface area contributed by atoms with Gasteiger partial charge in [0.05, 0.1) is 0 Å². The van der Waals surface area contributed by atoms with Crippen LogP contribution in [0.2, 0.25) is 0 Å². The quantitative estimate of drug-likeness (QED) is 0.700. The molecule has 88 valence electrons. The number of benzene rings is 1. The summed E-state index contributed by atoms with van der Waals surface area (Å²) >= 11 is 0. The van der Waals surface area contributed by atoms with Crippen molar-refractivity contribution in [1.82, 2.24) is 5.32 Å². The minimum absolute atomic E-state index is 0.384. The van der Waals surface area contributed by atoms with Gasteiger partial charge in [-0.05, 0) is 38.2 Å². The number of hydrogen-bond donors (Lipinski definition) is 2. The molecule has 0 aliphatic carbocycles. The van der Waals surface area contributed by atoms with E-state index in [0.717, 1.165) is 25.2 Å². The molecule has 0 heterocycles. The van der Waals surface area contributed by atoms with Crippen molar-refractivity contribution in [3.8, 4) is 0 Å².